The fourth-order valence-corrected chi connectivity index (χ4v) is 6.53. The average Bonchev–Trinajstić information content (AvgIpc) is 3.66. The molecule has 6 rings (SSSR count). The number of rotatable bonds is 9. The summed E-state index contributed by atoms with van der Waals surface area (Å²) >= 11 is 1.29. The average molecular weight is 585 g/mol. The molecule has 0 radical (unpaired) electrons. The quantitative estimate of drug-likeness (QED) is 0.0997. The van der Waals surface area contributed by atoms with Gasteiger partial charge in [0.15, 0.2) is 5.13 Å². The number of amides is 1. The number of thiazole rings is 1. The smallest absolute Gasteiger partial charge is 0.301 e. The highest BCUT2D eigenvalue weighted by atomic mass is 32.1. The maximum absolute atomic E-state index is 13.7. The van der Waals surface area contributed by atoms with E-state index >= 15 is 0 Å². The molecule has 1 amide bonds. The minimum Gasteiger partial charge on any atom is -0.507 e. The van der Waals surface area contributed by atoms with Crippen molar-refractivity contribution in [3.05, 3.63) is 82.9 Å². The number of Topliss-reactive ketones (excluding diaryl/α,β-unsaturated/α-hetero) is 1. The maximum atomic E-state index is 13.7. The molecule has 3 aromatic carbocycles. The zero-order valence-corrected chi connectivity index (χ0v) is 24.6. The molecule has 2 aliphatic heterocycles. The third-order valence-electron chi connectivity index (χ3n) is 7.59. The number of nitrogens with zero attached hydrogens (tertiary/aromatic N) is 2. The van der Waals surface area contributed by atoms with Crippen LogP contribution in [-0.2, 0) is 16.0 Å². The Bertz CT molecular complexity index is 1710. The van der Waals surface area contributed by atoms with Gasteiger partial charge in [-0.1, -0.05) is 43.2 Å². The van der Waals surface area contributed by atoms with Crippen molar-refractivity contribution in [1.82, 2.24) is 4.98 Å². The lowest BCUT2D eigenvalue weighted by molar-refractivity contribution is -0.132. The molecule has 8 nitrogen and oxygen atoms in total. The number of aliphatic hydroxyl groups excluding tert-OH is 1. The standard InChI is InChI=1S/C33H32N2O6S/c1-4-5-6-14-40-24-9-7-8-20(17-24)29-28(30(36)21-10-13-26-22(16-21)15-19(2)41-26)31(37)32(38)35(29)33-34-25-12-11-23(39-3)18-27(25)42-33/h7-13,16-19,29,36H,4-6,14-15H2,1-3H3. The Morgan fingerprint density at radius 3 is 2.76 bits per heavy atom. The summed E-state index contributed by atoms with van der Waals surface area (Å²) in [6.45, 7) is 4.68. The lowest BCUT2D eigenvalue weighted by atomic mass is 9.94. The zero-order chi connectivity index (χ0) is 29.4. The van der Waals surface area contributed by atoms with Crippen molar-refractivity contribution in [3.8, 4) is 17.2 Å². The van der Waals surface area contributed by atoms with E-state index in [2.05, 4.69) is 6.92 Å². The Morgan fingerprint density at radius 2 is 1.95 bits per heavy atom. The van der Waals surface area contributed by atoms with Crippen molar-refractivity contribution in [1.29, 1.82) is 0 Å². The zero-order valence-electron chi connectivity index (χ0n) is 23.8. The number of ether oxygens (including phenoxy) is 3. The molecule has 216 valence electrons. The largest absolute Gasteiger partial charge is 0.507 e. The van der Waals surface area contributed by atoms with E-state index in [4.69, 9.17) is 19.2 Å². The van der Waals surface area contributed by atoms with E-state index in [9.17, 15) is 14.7 Å². The number of aliphatic hydroxyl groups is 1. The van der Waals surface area contributed by atoms with Gasteiger partial charge in [-0.2, -0.15) is 0 Å². The Kier molecular flexibility index (Phi) is 7.60. The van der Waals surface area contributed by atoms with Crippen LogP contribution < -0.4 is 19.1 Å². The van der Waals surface area contributed by atoms with Gasteiger partial charge in [-0.05, 0) is 73.0 Å². The summed E-state index contributed by atoms with van der Waals surface area (Å²) < 4.78 is 18.0. The number of ketones is 1. The molecular weight excluding hydrogens is 552 g/mol. The maximum Gasteiger partial charge on any atom is 0.301 e. The molecular formula is C33H32N2O6S. The molecule has 2 aliphatic rings. The van der Waals surface area contributed by atoms with Crippen molar-refractivity contribution < 1.29 is 28.9 Å². The van der Waals surface area contributed by atoms with Crippen LogP contribution in [0.4, 0.5) is 5.13 Å². The number of methoxy groups -OCH3 is 1. The third-order valence-corrected chi connectivity index (χ3v) is 8.61. The van der Waals surface area contributed by atoms with Crippen LogP contribution in [0.3, 0.4) is 0 Å². The molecule has 0 saturated carbocycles. The minimum atomic E-state index is -0.907. The Balaban J connectivity index is 1.47. The van der Waals surface area contributed by atoms with E-state index < -0.39 is 17.7 Å². The van der Waals surface area contributed by atoms with Crippen LogP contribution >= 0.6 is 11.3 Å². The second-order valence-corrected chi connectivity index (χ2v) is 11.6. The van der Waals surface area contributed by atoms with Crippen molar-refractivity contribution in [3.63, 3.8) is 0 Å². The molecule has 42 heavy (non-hydrogen) atoms. The molecule has 0 bridgehead atoms. The lowest BCUT2D eigenvalue weighted by Gasteiger charge is -2.23. The predicted octanol–water partition coefficient (Wildman–Crippen LogP) is 6.82. The highest BCUT2D eigenvalue weighted by Gasteiger charge is 2.48. The van der Waals surface area contributed by atoms with E-state index in [1.165, 1.54) is 16.2 Å². The summed E-state index contributed by atoms with van der Waals surface area (Å²) in [5, 5.41) is 12.0. The fraction of sp³-hybridized carbons (Fsp3) is 0.303. The van der Waals surface area contributed by atoms with Crippen LogP contribution in [-0.4, -0.2) is 41.6 Å². The second kappa shape index (κ2) is 11.5. The molecule has 4 aromatic rings. The Hall–Kier alpha value is -4.37. The monoisotopic (exact) mass is 584 g/mol. The van der Waals surface area contributed by atoms with E-state index in [1.807, 2.05) is 49.4 Å². The van der Waals surface area contributed by atoms with E-state index in [1.54, 1.807) is 25.3 Å². The number of unbranched alkanes of at least 4 members (excludes halogenated alkanes) is 2. The summed E-state index contributed by atoms with van der Waals surface area (Å²) in [5.41, 5.74) is 2.72. The minimum absolute atomic E-state index is 0.00637. The van der Waals surface area contributed by atoms with Crippen molar-refractivity contribution in [2.24, 2.45) is 0 Å². The number of aromatic nitrogens is 1. The SMILES string of the molecule is CCCCCOc1cccc(C2C(=C(O)c3ccc4c(c3)CC(C)O4)C(=O)C(=O)N2c2nc3ccc(OC)cc3s2)c1. The van der Waals surface area contributed by atoms with Gasteiger partial charge >= 0.3 is 5.91 Å². The van der Waals surface area contributed by atoms with Crippen LogP contribution in [0.1, 0.15) is 55.8 Å². The molecule has 0 spiro atoms. The number of carbonyl (C=O) groups excluding carboxylic acids is 2. The Morgan fingerprint density at radius 1 is 1.10 bits per heavy atom. The molecule has 2 atom stereocenters. The van der Waals surface area contributed by atoms with Gasteiger partial charge in [-0.15, -0.1) is 0 Å². The second-order valence-electron chi connectivity index (χ2n) is 10.6. The first-order valence-corrected chi connectivity index (χ1v) is 15.0. The number of anilines is 1. The molecule has 9 heteroatoms. The topological polar surface area (TPSA) is 98.2 Å². The molecule has 1 fully saturated rings. The molecule has 2 unspecified atom stereocenters. The van der Waals surface area contributed by atoms with Gasteiger partial charge in [-0.3, -0.25) is 14.5 Å². The van der Waals surface area contributed by atoms with Crippen molar-refractivity contribution >= 4 is 44.1 Å². The normalized spacial score (nSPS) is 19.3. The third kappa shape index (κ3) is 5.09. The first-order valence-electron chi connectivity index (χ1n) is 14.2. The summed E-state index contributed by atoms with van der Waals surface area (Å²) in [7, 11) is 1.59. The van der Waals surface area contributed by atoms with Crippen LogP contribution in [0.25, 0.3) is 16.0 Å². The first-order chi connectivity index (χ1) is 20.4. The van der Waals surface area contributed by atoms with Gasteiger partial charge in [0.25, 0.3) is 5.78 Å². The molecule has 1 aromatic heterocycles. The summed E-state index contributed by atoms with van der Waals surface area (Å²) in [5.74, 6) is 0.300. The summed E-state index contributed by atoms with van der Waals surface area (Å²) in [6, 6.07) is 17.3. The Labute approximate surface area is 248 Å². The van der Waals surface area contributed by atoms with Crippen molar-refractivity contribution in [2.45, 2.75) is 51.7 Å². The summed E-state index contributed by atoms with van der Waals surface area (Å²) in [4.78, 5) is 33.5. The molecule has 1 N–H and O–H groups in total. The fourth-order valence-electron chi connectivity index (χ4n) is 5.51. The van der Waals surface area contributed by atoms with Gasteiger partial charge in [0.05, 0.1) is 35.5 Å². The highest BCUT2D eigenvalue weighted by molar-refractivity contribution is 7.22. The van der Waals surface area contributed by atoms with Crippen LogP contribution in [0, 0.1) is 0 Å². The highest BCUT2D eigenvalue weighted by Crippen LogP contribution is 2.45. The van der Waals surface area contributed by atoms with Gasteiger partial charge in [-0.25, -0.2) is 4.98 Å². The number of benzene rings is 3. The molecule has 1 saturated heterocycles. The van der Waals surface area contributed by atoms with Gasteiger partial charge in [0.2, 0.25) is 0 Å². The van der Waals surface area contributed by atoms with Gasteiger partial charge in [0.1, 0.15) is 29.1 Å². The number of carbonyl (C=O) groups is 2. The molecule has 0 aliphatic carbocycles. The van der Waals surface area contributed by atoms with Crippen LogP contribution in [0.15, 0.2) is 66.2 Å². The summed E-state index contributed by atoms with van der Waals surface area (Å²) in [6.07, 6.45) is 3.79. The van der Waals surface area contributed by atoms with E-state index in [0.717, 1.165) is 35.3 Å². The van der Waals surface area contributed by atoms with Gasteiger partial charge in [0, 0.05) is 12.0 Å². The van der Waals surface area contributed by atoms with Crippen molar-refractivity contribution in [2.75, 3.05) is 18.6 Å². The van der Waals surface area contributed by atoms with E-state index in [0.29, 0.717) is 46.3 Å². The van der Waals surface area contributed by atoms with E-state index in [-0.39, 0.29) is 17.4 Å². The van der Waals surface area contributed by atoms with Gasteiger partial charge < -0.3 is 19.3 Å². The number of hydrogen-bond acceptors (Lipinski definition) is 8. The molecule has 3 heterocycles. The lowest BCUT2D eigenvalue weighted by Crippen LogP contribution is -2.29. The number of hydrogen-bond donors (Lipinski definition) is 1. The number of fused-ring (bicyclic) bond motifs is 2. The first kappa shape index (κ1) is 27.8. The predicted molar refractivity (Wildman–Crippen MR) is 163 cm³/mol. The van der Waals surface area contributed by atoms with Crippen LogP contribution in [0.5, 0.6) is 17.2 Å². The van der Waals surface area contributed by atoms with Crippen LogP contribution in [0.2, 0.25) is 0 Å².